The van der Waals surface area contributed by atoms with Gasteiger partial charge in [0.05, 0.1) is 10.6 Å². The smallest absolute Gasteiger partial charge is 0.264 e. The first-order chi connectivity index (χ1) is 17.0. The third-order valence-electron chi connectivity index (χ3n) is 6.07. The SMILES string of the molecule is CNC(=O)C(C)N(Cc1ccc(F)cc1)C(=O)CN(c1ccc(C)c(C)c1)S(=O)(=O)c1ccccc1. The van der Waals surface area contributed by atoms with Gasteiger partial charge in [0.25, 0.3) is 10.0 Å². The summed E-state index contributed by atoms with van der Waals surface area (Å²) >= 11 is 0. The number of hydrogen-bond acceptors (Lipinski definition) is 4. The van der Waals surface area contributed by atoms with Crippen LogP contribution in [0.25, 0.3) is 0 Å². The molecular weight excluding hydrogens is 481 g/mol. The predicted octanol–water partition coefficient (Wildman–Crippen LogP) is 3.80. The minimum Gasteiger partial charge on any atom is -0.357 e. The van der Waals surface area contributed by atoms with Gasteiger partial charge in [-0.2, -0.15) is 0 Å². The van der Waals surface area contributed by atoms with Crippen LogP contribution < -0.4 is 9.62 Å². The maximum absolute atomic E-state index is 13.7. The van der Waals surface area contributed by atoms with Crippen molar-refractivity contribution in [1.29, 1.82) is 0 Å². The number of halogens is 1. The second-order valence-electron chi connectivity index (χ2n) is 8.53. The number of nitrogens with one attached hydrogen (secondary N) is 1. The summed E-state index contributed by atoms with van der Waals surface area (Å²) in [5.74, 6) is -1.41. The Hall–Kier alpha value is -3.72. The van der Waals surface area contributed by atoms with Gasteiger partial charge in [0, 0.05) is 13.6 Å². The van der Waals surface area contributed by atoms with Gasteiger partial charge in [-0.1, -0.05) is 36.4 Å². The van der Waals surface area contributed by atoms with E-state index in [2.05, 4.69) is 5.32 Å². The largest absolute Gasteiger partial charge is 0.357 e. The zero-order valence-corrected chi connectivity index (χ0v) is 21.5. The molecule has 2 amide bonds. The highest BCUT2D eigenvalue weighted by molar-refractivity contribution is 7.92. The molecule has 0 radical (unpaired) electrons. The van der Waals surface area contributed by atoms with Gasteiger partial charge in [0.1, 0.15) is 18.4 Å². The number of carbonyl (C=O) groups is 2. The van der Waals surface area contributed by atoms with Gasteiger partial charge >= 0.3 is 0 Å². The van der Waals surface area contributed by atoms with Crippen molar-refractivity contribution >= 4 is 27.5 Å². The third-order valence-corrected chi connectivity index (χ3v) is 7.86. The van der Waals surface area contributed by atoms with Crippen LogP contribution in [0.15, 0.2) is 77.7 Å². The topological polar surface area (TPSA) is 86.8 Å². The standard InChI is InChI=1S/C27H30FN3O4S/c1-19-10-15-24(16-20(19)2)31(36(34,35)25-8-6-5-7-9-25)18-26(32)30(21(3)27(33)29-4)17-22-11-13-23(28)14-12-22/h5-16,21H,17-18H2,1-4H3,(H,29,33). The number of nitrogens with zero attached hydrogens (tertiary/aromatic N) is 2. The molecule has 3 rings (SSSR count). The van der Waals surface area contributed by atoms with Crippen LogP contribution in [-0.2, 0) is 26.2 Å². The van der Waals surface area contributed by atoms with Crippen LogP contribution in [0, 0.1) is 19.7 Å². The molecule has 0 saturated heterocycles. The summed E-state index contributed by atoms with van der Waals surface area (Å²) in [5, 5.41) is 2.53. The Bertz CT molecular complexity index is 1330. The first-order valence-electron chi connectivity index (χ1n) is 11.4. The Kier molecular flexibility index (Phi) is 8.47. The molecule has 3 aromatic rings. The molecule has 1 atom stereocenters. The Morgan fingerprint density at radius 1 is 0.944 bits per heavy atom. The molecule has 0 bridgehead atoms. The van der Waals surface area contributed by atoms with Crippen LogP contribution in [0.1, 0.15) is 23.6 Å². The van der Waals surface area contributed by atoms with Crippen molar-refractivity contribution in [1.82, 2.24) is 10.2 Å². The van der Waals surface area contributed by atoms with Gasteiger partial charge in [-0.05, 0) is 73.9 Å². The van der Waals surface area contributed by atoms with Gasteiger partial charge < -0.3 is 10.2 Å². The van der Waals surface area contributed by atoms with E-state index in [-0.39, 0.29) is 11.4 Å². The molecule has 0 fully saturated rings. The molecule has 0 aliphatic carbocycles. The molecule has 0 aliphatic rings. The molecule has 0 aromatic heterocycles. The lowest BCUT2D eigenvalue weighted by Crippen LogP contribution is -2.50. The number of rotatable bonds is 9. The number of carbonyl (C=O) groups excluding carboxylic acids is 2. The number of amides is 2. The molecule has 0 heterocycles. The average Bonchev–Trinajstić information content (AvgIpc) is 2.88. The minimum absolute atomic E-state index is 0.000149. The Balaban J connectivity index is 2.04. The maximum atomic E-state index is 13.7. The van der Waals surface area contributed by atoms with Crippen LogP contribution in [0.4, 0.5) is 10.1 Å². The molecule has 0 saturated carbocycles. The van der Waals surface area contributed by atoms with Crippen molar-refractivity contribution in [3.63, 3.8) is 0 Å². The van der Waals surface area contributed by atoms with E-state index in [1.54, 1.807) is 43.3 Å². The highest BCUT2D eigenvalue weighted by atomic mass is 32.2. The van der Waals surface area contributed by atoms with E-state index in [9.17, 15) is 22.4 Å². The summed E-state index contributed by atoms with van der Waals surface area (Å²) in [4.78, 5) is 27.5. The van der Waals surface area contributed by atoms with Gasteiger partial charge in [0.2, 0.25) is 11.8 Å². The average molecular weight is 512 g/mol. The number of anilines is 1. The van der Waals surface area contributed by atoms with Crippen molar-refractivity contribution in [3.8, 4) is 0 Å². The fraction of sp³-hybridized carbons (Fsp3) is 0.259. The lowest BCUT2D eigenvalue weighted by atomic mass is 10.1. The first kappa shape index (κ1) is 26.9. The van der Waals surface area contributed by atoms with E-state index in [1.807, 2.05) is 13.8 Å². The zero-order valence-electron chi connectivity index (χ0n) is 20.7. The Morgan fingerprint density at radius 3 is 2.17 bits per heavy atom. The van der Waals surface area contributed by atoms with Crippen molar-refractivity contribution < 1.29 is 22.4 Å². The highest BCUT2D eigenvalue weighted by Gasteiger charge is 2.32. The Labute approximate surface area is 211 Å². The first-order valence-corrected chi connectivity index (χ1v) is 12.9. The summed E-state index contributed by atoms with van der Waals surface area (Å²) in [7, 11) is -2.65. The second kappa shape index (κ2) is 11.3. The van der Waals surface area contributed by atoms with E-state index in [0.29, 0.717) is 11.3 Å². The van der Waals surface area contributed by atoms with Crippen LogP contribution >= 0.6 is 0 Å². The van der Waals surface area contributed by atoms with Crippen LogP contribution in [0.5, 0.6) is 0 Å². The Morgan fingerprint density at radius 2 is 1.58 bits per heavy atom. The fourth-order valence-electron chi connectivity index (χ4n) is 3.71. The molecule has 0 aliphatic heterocycles. The molecule has 1 N–H and O–H groups in total. The number of likely N-dealkylation sites (N-methyl/N-ethyl adjacent to an activating group) is 1. The van der Waals surface area contributed by atoms with Crippen molar-refractivity contribution in [2.75, 3.05) is 17.9 Å². The summed E-state index contributed by atoms with van der Waals surface area (Å²) in [6.45, 7) is 4.81. The maximum Gasteiger partial charge on any atom is 0.264 e. The summed E-state index contributed by atoms with van der Waals surface area (Å²) in [6.07, 6.45) is 0. The number of hydrogen-bond donors (Lipinski definition) is 1. The molecule has 9 heteroatoms. The molecule has 36 heavy (non-hydrogen) atoms. The van der Waals surface area contributed by atoms with Crippen LogP contribution in [0.3, 0.4) is 0 Å². The van der Waals surface area contributed by atoms with E-state index in [1.165, 1.54) is 48.3 Å². The number of sulfonamides is 1. The lowest BCUT2D eigenvalue weighted by molar-refractivity contribution is -0.139. The monoisotopic (exact) mass is 511 g/mol. The van der Waals surface area contributed by atoms with Crippen molar-refractivity contribution in [2.45, 2.75) is 38.3 Å². The summed E-state index contributed by atoms with van der Waals surface area (Å²) in [5.41, 5.74) is 2.79. The quantitative estimate of drug-likeness (QED) is 0.474. The fourth-order valence-corrected chi connectivity index (χ4v) is 5.13. The predicted molar refractivity (Wildman–Crippen MR) is 137 cm³/mol. The summed E-state index contributed by atoms with van der Waals surface area (Å²) < 4.78 is 41.8. The lowest BCUT2D eigenvalue weighted by Gasteiger charge is -2.32. The number of aryl methyl sites for hydroxylation is 2. The van der Waals surface area contributed by atoms with E-state index >= 15 is 0 Å². The van der Waals surface area contributed by atoms with E-state index in [4.69, 9.17) is 0 Å². The van der Waals surface area contributed by atoms with E-state index < -0.39 is 40.2 Å². The van der Waals surface area contributed by atoms with E-state index in [0.717, 1.165) is 15.4 Å². The van der Waals surface area contributed by atoms with Crippen LogP contribution in [0.2, 0.25) is 0 Å². The zero-order chi connectivity index (χ0) is 26.5. The van der Waals surface area contributed by atoms with Crippen molar-refractivity contribution in [3.05, 3.63) is 95.3 Å². The number of benzene rings is 3. The highest BCUT2D eigenvalue weighted by Crippen LogP contribution is 2.26. The van der Waals surface area contributed by atoms with Crippen LogP contribution in [-0.4, -0.2) is 44.8 Å². The molecular formula is C27H30FN3O4S. The normalized spacial score (nSPS) is 12.0. The second-order valence-corrected chi connectivity index (χ2v) is 10.4. The van der Waals surface area contributed by atoms with Gasteiger partial charge in [-0.3, -0.25) is 13.9 Å². The molecule has 7 nitrogen and oxygen atoms in total. The molecule has 0 spiro atoms. The minimum atomic E-state index is -4.11. The van der Waals surface area contributed by atoms with Crippen molar-refractivity contribution in [2.24, 2.45) is 0 Å². The molecule has 3 aromatic carbocycles. The summed E-state index contributed by atoms with van der Waals surface area (Å²) in [6, 6.07) is 17.7. The molecule has 190 valence electrons. The van der Waals surface area contributed by atoms with Gasteiger partial charge in [0.15, 0.2) is 0 Å². The van der Waals surface area contributed by atoms with Gasteiger partial charge in [-0.25, -0.2) is 12.8 Å². The third kappa shape index (κ3) is 6.09. The van der Waals surface area contributed by atoms with Gasteiger partial charge in [-0.15, -0.1) is 0 Å². The molecule has 1 unspecified atom stereocenters.